The van der Waals surface area contributed by atoms with Crippen LogP contribution in [0.15, 0.2) is 4.99 Å². The van der Waals surface area contributed by atoms with Gasteiger partial charge in [-0.05, 0) is 19.8 Å². The van der Waals surface area contributed by atoms with Gasteiger partial charge in [0.1, 0.15) is 0 Å². The van der Waals surface area contributed by atoms with Crippen LogP contribution in [0.25, 0.3) is 0 Å². The van der Waals surface area contributed by atoms with Gasteiger partial charge in [0, 0.05) is 10.8 Å². The molecule has 1 heterocycles. The first-order valence-electron chi connectivity index (χ1n) is 5.67. The molecule has 1 N–H and O–H groups in total. The lowest BCUT2D eigenvalue weighted by Gasteiger charge is -2.35. The summed E-state index contributed by atoms with van der Waals surface area (Å²) in [5.41, 5.74) is 0.328. The first-order valence-corrected chi connectivity index (χ1v) is 6.55. The van der Waals surface area contributed by atoms with Crippen LogP contribution in [0.3, 0.4) is 0 Å². The lowest BCUT2D eigenvalue weighted by Crippen LogP contribution is -2.45. The third-order valence-electron chi connectivity index (χ3n) is 3.17. The van der Waals surface area contributed by atoms with E-state index in [1.54, 1.807) is 0 Å². The second-order valence-electron chi connectivity index (χ2n) is 4.82. The monoisotopic (exact) mass is 212 g/mol. The van der Waals surface area contributed by atoms with Crippen molar-refractivity contribution >= 4 is 16.9 Å². The molecule has 0 aromatic carbocycles. The predicted molar refractivity (Wildman–Crippen MR) is 64.0 cm³/mol. The summed E-state index contributed by atoms with van der Waals surface area (Å²) in [4.78, 5) is 4.52. The Morgan fingerprint density at radius 3 is 2.64 bits per heavy atom. The zero-order valence-corrected chi connectivity index (χ0v) is 9.99. The minimum atomic E-state index is 0.328. The van der Waals surface area contributed by atoms with Crippen LogP contribution in [0, 0.1) is 0 Å². The summed E-state index contributed by atoms with van der Waals surface area (Å²) in [6.45, 7) is 5.58. The highest BCUT2D eigenvalue weighted by atomic mass is 32.2. The van der Waals surface area contributed by atoms with Crippen molar-refractivity contribution in [2.75, 3.05) is 6.54 Å². The molecular formula is C11H20N2S. The Bertz CT molecular complexity index is 231. The van der Waals surface area contributed by atoms with E-state index in [1.807, 2.05) is 11.8 Å². The van der Waals surface area contributed by atoms with Gasteiger partial charge in [-0.1, -0.05) is 37.9 Å². The van der Waals surface area contributed by atoms with Crippen LogP contribution in [0.2, 0.25) is 0 Å². The standard InChI is InChI=1S/C11H20N2S/c1-9-8-12-10(14-9)13-11(2)6-4-3-5-7-11/h9H,3-8H2,1-2H3,(H,12,13). The topological polar surface area (TPSA) is 24.4 Å². The molecule has 0 radical (unpaired) electrons. The largest absolute Gasteiger partial charge is 0.360 e. The van der Waals surface area contributed by atoms with Crippen molar-refractivity contribution in [2.45, 2.75) is 56.7 Å². The first-order chi connectivity index (χ1) is 6.68. The minimum Gasteiger partial charge on any atom is -0.360 e. The summed E-state index contributed by atoms with van der Waals surface area (Å²) in [5, 5.41) is 5.49. The minimum absolute atomic E-state index is 0.328. The molecule has 14 heavy (non-hydrogen) atoms. The first kappa shape index (κ1) is 10.3. The Morgan fingerprint density at radius 1 is 1.36 bits per heavy atom. The normalized spacial score (nSPS) is 31.3. The smallest absolute Gasteiger partial charge is 0.157 e. The molecule has 2 aliphatic rings. The van der Waals surface area contributed by atoms with Crippen LogP contribution >= 0.6 is 11.8 Å². The average molecular weight is 212 g/mol. The molecule has 80 valence electrons. The van der Waals surface area contributed by atoms with Gasteiger partial charge in [0.25, 0.3) is 0 Å². The Kier molecular flexibility index (Phi) is 3.05. The van der Waals surface area contributed by atoms with Crippen molar-refractivity contribution in [3.63, 3.8) is 0 Å². The number of aliphatic imine (C=N–C) groups is 1. The summed E-state index contributed by atoms with van der Waals surface area (Å²) in [6.07, 6.45) is 6.77. The summed E-state index contributed by atoms with van der Waals surface area (Å²) < 4.78 is 0. The van der Waals surface area contributed by atoms with Crippen LogP contribution in [-0.2, 0) is 0 Å². The fourth-order valence-corrected chi connectivity index (χ4v) is 3.25. The van der Waals surface area contributed by atoms with Crippen LogP contribution in [0.4, 0.5) is 0 Å². The summed E-state index contributed by atoms with van der Waals surface area (Å²) in [6, 6.07) is 0. The van der Waals surface area contributed by atoms with Crippen LogP contribution in [0.1, 0.15) is 46.0 Å². The Labute approximate surface area is 90.9 Å². The molecule has 1 fully saturated rings. The summed E-state index contributed by atoms with van der Waals surface area (Å²) >= 11 is 1.90. The quantitative estimate of drug-likeness (QED) is 0.723. The van der Waals surface area contributed by atoms with Gasteiger partial charge in [-0.3, -0.25) is 4.99 Å². The highest BCUT2D eigenvalue weighted by molar-refractivity contribution is 8.14. The van der Waals surface area contributed by atoms with Crippen molar-refractivity contribution in [3.8, 4) is 0 Å². The third kappa shape index (κ3) is 2.44. The van der Waals surface area contributed by atoms with E-state index >= 15 is 0 Å². The maximum Gasteiger partial charge on any atom is 0.157 e. The maximum absolute atomic E-state index is 4.52. The number of hydrogen-bond acceptors (Lipinski definition) is 3. The van der Waals surface area contributed by atoms with E-state index in [9.17, 15) is 0 Å². The SMILES string of the molecule is CC1CN=C(NC2(C)CCCCC2)S1. The molecule has 0 amide bonds. The Balaban J connectivity index is 1.89. The van der Waals surface area contributed by atoms with Gasteiger partial charge in [-0.2, -0.15) is 0 Å². The fraction of sp³-hybridized carbons (Fsp3) is 0.909. The maximum atomic E-state index is 4.52. The van der Waals surface area contributed by atoms with E-state index in [2.05, 4.69) is 24.2 Å². The van der Waals surface area contributed by atoms with Gasteiger partial charge in [0.15, 0.2) is 5.17 Å². The third-order valence-corrected chi connectivity index (χ3v) is 4.18. The van der Waals surface area contributed by atoms with Crippen LogP contribution in [-0.4, -0.2) is 22.5 Å². The molecule has 3 heteroatoms. The van der Waals surface area contributed by atoms with Crippen molar-refractivity contribution in [1.29, 1.82) is 0 Å². The van der Waals surface area contributed by atoms with Gasteiger partial charge >= 0.3 is 0 Å². The number of thioether (sulfide) groups is 1. The molecule has 1 atom stereocenters. The van der Waals surface area contributed by atoms with Crippen molar-refractivity contribution in [2.24, 2.45) is 4.99 Å². The number of nitrogens with one attached hydrogen (secondary N) is 1. The van der Waals surface area contributed by atoms with E-state index in [1.165, 1.54) is 37.3 Å². The number of nitrogens with zero attached hydrogens (tertiary/aromatic N) is 1. The van der Waals surface area contributed by atoms with E-state index < -0.39 is 0 Å². The second-order valence-corrected chi connectivity index (χ2v) is 6.25. The fourth-order valence-electron chi connectivity index (χ4n) is 2.26. The number of hydrogen-bond donors (Lipinski definition) is 1. The van der Waals surface area contributed by atoms with Crippen LogP contribution in [0.5, 0.6) is 0 Å². The highest BCUT2D eigenvalue weighted by Crippen LogP contribution is 2.29. The molecule has 1 saturated carbocycles. The van der Waals surface area contributed by atoms with E-state index in [-0.39, 0.29) is 0 Å². The summed E-state index contributed by atoms with van der Waals surface area (Å²) in [7, 11) is 0. The van der Waals surface area contributed by atoms with Crippen molar-refractivity contribution < 1.29 is 0 Å². The van der Waals surface area contributed by atoms with Gasteiger partial charge < -0.3 is 5.32 Å². The summed E-state index contributed by atoms with van der Waals surface area (Å²) in [5.74, 6) is 0. The van der Waals surface area contributed by atoms with Gasteiger partial charge in [-0.15, -0.1) is 0 Å². The molecule has 1 aliphatic heterocycles. The number of rotatable bonds is 1. The average Bonchev–Trinajstić information content (AvgIpc) is 2.51. The van der Waals surface area contributed by atoms with Crippen molar-refractivity contribution in [3.05, 3.63) is 0 Å². The van der Waals surface area contributed by atoms with Crippen LogP contribution < -0.4 is 5.32 Å². The lowest BCUT2D eigenvalue weighted by atomic mass is 9.83. The molecule has 1 unspecified atom stereocenters. The molecular weight excluding hydrogens is 192 g/mol. The molecule has 0 aromatic heterocycles. The van der Waals surface area contributed by atoms with Gasteiger partial charge in [0.05, 0.1) is 6.54 Å². The highest BCUT2D eigenvalue weighted by Gasteiger charge is 2.29. The van der Waals surface area contributed by atoms with Gasteiger partial charge in [-0.25, -0.2) is 0 Å². The molecule has 1 aliphatic carbocycles. The Morgan fingerprint density at radius 2 is 2.07 bits per heavy atom. The molecule has 0 bridgehead atoms. The van der Waals surface area contributed by atoms with E-state index in [4.69, 9.17) is 0 Å². The number of amidine groups is 1. The molecule has 0 aromatic rings. The van der Waals surface area contributed by atoms with Gasteiger partial charge in [0.2, 0.25) is 0 Å². The van der Waals surface area contributed by atoms with E-state index in [0.717, 1.165) is 6.54 Å². The van der Waals surface area contributed by atoms with Crippen molar-refractivity contribution in [1.82, 2.24) is 5.32 Å². The zero-order valence-electron chi connectivity index (χ0n) is 9.18. The predicted octanol–water partition coefficient (Wildman–Crippen LogP) is 2.79. The molecule has 2 rings (SSSR count). The Hall–Kier alpha value is -0.180. The molecule has 0 spiro atoms. The lowest BCUT2D eigenvalue weighted by molar-refractivity contribution is 0.292. The van der Waals surface area contributed by atoms with E-state index in [0.29, 0.717) is 10.8 Å². The molecule has 0 saturated heterocycles. The zero-order chi connectivity index (χ0) is 10.0. The second kappa shape index (κ2) is 4.13. The molecule has 2 nitrogen and oxygen atoms in total.